The molecule has 0 radical (unpaired) electrons. The summed E-state index contributed by atoms with van der Waals surface area (Å²) in [6.45, 7) is 6.78. The molecule has 1 unspecified atom stereocenters. The Bertz CT molecular complexity index is 350. The van der Waals surface area contributed by atoms with E-state index in [1.54, 1.807) is 27.7 Å². The summed E-state index contributed by atoms with van der Waals surface area (Å²) in [5.74, 6) is 9.02. The van der Waals surface area contributed by atoms with Gasteiger partial charge in [0.2, 0.25) is 11.9 Å². The molecule has 0 saturated heterocycles. The Hall–Kier alpha value is -1.87. The van der Waals surface area contributed by atoms with Crippen LogP contribution < -0.4 is 27.7 Å². The number of amides is 1. The summed E-state index contributed by atoms with van der Waals surface area (Å²) >= 11 is 0. The number of carbonyl (C=O) groups is 2. The summed E-state index contributed by atoms with van der Waals surface area (Å²) in [7, 11) is 0. The van der Waals surface area contributed by atoms with E-state index in [-0.39, 0.29) is 12.5 Å². The normalized spacial score (nSPS) is 13.6. The van der Waals surface area contributed by atoms with Crippen molar-refractivity contribution < 1.29 is 14.3 Å². The molecule has 7 N–H and O–H groups in total. The van der Waals surface area contributed by atoms with Gasteiger partial charge in [0.05, 0.1) is 6.54 Å². The van der Waals surface area contributed by atoms with E-state index in [1.807, 2.05) is 0 Å². The van der Waals surface area contributed by atoms with E-state index in [1.165, 1.54) is 0 Å². The van der Waals surface area contributed by atoms with Crippen LogP contribution in [0.25, 0.3) is 0 Å². The van der Waals surface area contributed by atoms with E-state index in [0.717, 1.165) is 0 Å². The van der Waals surface area contributed by atoms with Crippen molar-refractivity contribution in [2.75, 3.05) is 6.54 Å². The number of hydrogen-bond donors (Lipinski definition) is 5. The quantitative estimate of drug-likeness (QED) is 0.133. The molecule has 110 valence electrons. The number of carbonyl (C=O) groups excluding carboxylic acids is 2. The van der Waals surface area contributed by atoms with Gasteiger partial charge in [0, 0.05) is 0 Å². The lowest BCUT2D eigenvalue weighted by Gasteiger charge is -2.22. The summed E-state index contributed by atoms with van der Waals surface area (Å²) in [4.78, 5) is 23.0. The van der Waals surface area contributed by atoms with Gasteiger partial charge in [-0.1, -0.05) is 0 Å². The first-order valence-corrected chi connectivity index (χ1v) is 5.70. The van der Waals surface area contributed by atoms with Crippen molar-refractivity contribution >= 4 is 17.8 Å². The summed E-state index contributed by atoms with van der Waals surface area (Å²) in [5, 5.41) is 8.19. The number of nitrogens with one attached hydrogen (secondary N) is 3. The Labute approximate surface area is 112 Å². The van der Waals surface area contributed by atoms with Crippen LogP contribution in [0.15, 0.2) is 5.10 Å². The molecule has 19 heavy (non-hydrogen) atoms. The molecule has 0 fully saturated rings. The molecule has 0 spiro atoms. The molecular weight excluding hydrogens is 252 g/mol. The fraction of sp³-hybridized carbons (Fsp3) is 0.700. The fourth-order valence-electron chi connectivity index (χ4n) is 1.00. The number of hydrazine groups is 1. The van der Waals surface area contributed by atoms with E-state index in [4.69, 9.17) is 16.4 Å². The van der Waals surface area contributed by atoms with Crippen molar-refractivity contribution in [3.05, 3.63) is 0 Å². The van der Waals surface area contributed by atoms with Crippen molar-refractivity contribution in [1.29, 1.82) is 0 Å². The molecule has 0 aromatic heterocycles. The number of hydrazone groups is 1. The largest absolute Gasteiger partial charge is 0.459 e. The first-order valence-electron chi connectivity index (χ1n) is 5.70. The van der Waals surface area contributed by atoms with Crippen LogP contribution in [0.3, 0.4) is 0 Å². The third-order valence-corrected chi connectivity index (χ3v) is 1.85. The minimum atomic E-state index is -0.617. The van der Waals surface area contributed by atoms with Crippen LogP contribution in [0.1, 0.15) is 27.7 Å². The molecule has 0 bridgehead atoms. The number of nitrogens with zero attached hydrogens (tertiary/aromatic N) is 1. The molecule has 1 atom stereocenters. The molecule has 0 aromatic rings. The molecular formula is C10H22N6O3. The maximum atomic E-state index is 11.6. The van der Waals surface area contributed by atoms with Gasteiger partial charge in [0.1, 0.15) is 11.6 Å². The smallest absolute Gasteiger partial charge is 0.323 e. The first kappa shape index (κ1) is 17.1. The molecule has 0 aliphatic heterocycles. The Kier molecular flexibility index (Phi) is 6.80. The monoisotopic (exact) mass is 274 g/mol. The molecule has 9 nitrogen and oxygen atoms in total. The van der Waals surface area contributed by atoms with Gasteiger partial charge >= 0.3 is 5.97 Å². The average molecular weight is 274 g/mol. The second-order valence-electron chi connectivity index (χ2n) is 4.81. The Morgan fingerprint density at radius 2 is 1.95 bits per heavy atom. The third-order valence-electron chi connectivity index (χ3n) is 1.85. The third kappa shape index (κ3) is 7.95. The molecule has 0 rings (SSSR count). The predicted octanol–water partition coefficient (Wildman–Crippen LogP) is -1.88. The summed E-state index contributed by atoms with van der Waals surface area (Å²) < 4.78 is 5.15. The fourth-order valence-corrected chi connectivity index (χ4v) is 1.00. The SMILES string of the molecule is CC(NCC(=O)N/C(=N\N)NN)C(=O)OC(C)(C)C. The predicted molar refractivity (Wildman–Crippen MR) is 70.4 cm³/mol. The molecule has 0 aromatic carbocycles. The van der Waals surface area contributed by atoms with Gasteiger partial charge in [0.15, 0.2) is 0 Å². The number of esters is 1. The maximum absolute atomic E-state index is 11.6. The van der Waals surface area contributed by atoms with Crippen LogP contribution in [0.2, 0.25) is 0 Å². The van der Waals surface area contributed by atoms with Crippen molar-refractivity contribution in [3.8, 4) is 0 Å². The van der Waals surface area contributed by atoms with Crippen molar-refractivity contribution in [2.45, 2.75) is 39.3 Å². The highest BCUT2D eigenvalue weighted by Crippen LogP contribution is 2.07. The lowest BCUT2D eigenvalue weighted by Crippen LogP contribution is -2.49. The van der Waals surface area contributed by atoms with Crippen LogP contribution >= 0.6 is 0 Å². The minimum Gasteiger partial charge on any atom is -0.459 e. The van der Waals surface area contributed by atoms with E-state index in [9.17, 15) is 9.59 Å². The lowest BCUT2D eigenvalue weighted by atomic mass is 10.2. The Balaban J connectivity index is 4.12. The minimum absolute atomic E-state index is 0.0725. The lowest BCUT2D eigenvalue weighted by molar-refractivity contribution is -0.156. The summed E-state index contributed by atoms with van der Waals surface area (Å²) in [5.41, 5.74) is 1.53. The second kappa shape index (κ2) is 7.54. The zero-order valence-corrected chi connectivity index (χ0v) is 11.6. The van der Waals surface area contributed by atoms with Gasteiger partial charge in [0.25, 0.3) is 0 Å². The zero-order valence-electron chi connectivity index (χ0n) is 11.6. The number of guanidine groups is 1. The van der Waals surface area contributed by atoms with Crippen LogP contribution in [-0.2, 0) is 14.3 Å². The van der Waals surface area contributed by atoms with Crippen LogP contribution in [0.5, 0.6) is 0 Å². The van der Waals surface area contributed by atoms with E-state index in [2.05, 4.69) is 21.2 Å². The van der Waals surface area contributed by atoms with Gasteiger partial charge in [-0.2, -0.15) is 0 Å². The van der Waals surface area contributed by atoms with Crippen LogP contribution in [0.4, 0.5) is 0 Å². The van der Waals surface area contributed by atoms with Crippen molar-refractivity contribution in [1.82, 2.24) is 16.1 Å². The standard InChI is InChI=1S/C10H22N6O3/c1-6(8(18)19-10(2,3)4)13-5-7(17)14-9(15-11)16-12/h6,13H,5,11-12H2,1-4H3,(H2,14,15,16,17). The van der Waals surface area contributed by atoms with Gasteiger partial charge in [-0.3, -0.25) is 25.6 Å². The second-order valence-corrected chi connectivity index (χ2v) is 4.81. The van der Waals surface area contributed by atoms with Gasteiger partial charge in [-0.25, -0.2) is 5.84 Å². The molecule has 0 aliphatic carbocycles. The average Bonchev–Trinajstić information content (AvgIpc) is 2.30. The van der Waals surface area contributed by atoms with Gasteiger partial charge < -0.3 is 10.6 Å². The number of nitrogens with two attached hydrogens (primary N) is 2. The van der Waals surface area contributed by atoms with Crippen LogP contribution in [-0.4, -0.2) is 36.0 Å². The number of hydrogen-bond acceptors (Lipinski definition) is 7. The Morgan fingerprint density at radius 3 is 2.37 bits per heavy atom. The summed E-state index contributed by atoms with van der Waals surface area (Å²) in [6, 6.07) is -0.617. The molecule has 0 aliphatic rings. The van der Waals surface area contributed by atoms with Gasteiger partial charge in [-0.15, -0.1) is 5.10 Å². The number of rotatable bonds is 4. The molecule has 9 heteroatoms. The highest BCUT2D eigenvalue weighted by Gasteiger charge is 2.21. The van der Waals surface area contributed by atoms with E-state index < -0.39 is 23.5 Å². The topological polar surface area (TPSA) is 144 Å². The van der Waals surface area contributed by atoms with Crippen LogP contribution in [0, 0.1) is 0 Å². The first-order chi connectivity index (χ1) is 8.69. The van der Waals surface area contributed by atoms with Crippen molar-refractivity contribution in [3.63, 3.8) is 0 Å². The molecule has 1 amide bonds. The highest BCUT2D eigenvalue weighted by molar-refractivity contribution is 5.97. The summed E-state index contributed by atoms with van der Waals surface area (Å²) in [6.07, 6.45) is 0. The van der Waals surface area contributed by atoms with Gasteiger partial charge in [-0.05, 0) is 27.7 Å². The van der Waals surface area contributed by atoms with E-state index >= 15 is 0 Å². The zero-order chi connectivity index (χ0) is 15.1. The molecule has 0 saturated carbocycles. The van der Waals surface area contributed by atoms with E-state index in [0.29, 0.717) is 0 Å². The Morgan fingerprint density at radius 1 is 1.37 bits per heavy atom. The highest BCUT2D eigenvalue weighted by atomic mass is 16.6. The molecule has 0 heterocycles. The number of ether oxygens (including phenoxy) is 1. The maximum Gasteiger partial charge on any atom is 0.323 e. The van der Waals surface area contributed by atoms with Crippen molar-refractivity contribution in [2.24, 2.45) is 16.8 Å².